The predicted octanol–water partition coefficient (Wildman–Crippen LogP) is 1.82. The molecule has 5 heteroatoms. The third-order valence-electron chi connectivity index (χ3n) is 2.47. The Morgan fingerprint density at radius 3 is 2.33 bits per heavy atom. The molecular weight excluding hydrogens is 252 g/mol. The molecule has 0 aromatic heterocycles. The maximum atomic E-state index is 11.5. The SMILES string of the molecule is CN(C)C(=O)CCC(=O)NCc1ccc(Cl)cc1. The summed E-state index contributed by atoms with van der Waals surface area (Å²) in [5.41, 5.74) is 0.978. The lowest BCUT2D eigenvalue weighted by atomic mass is 10.2. The highest BCUT2D eigenvalue weighted by Crippen LogP contribution is 2.09. The molecule has 0 spiro atoms. The number of nitrogens with zero attached hydrogens (tertiary/aromatic N) is 1. The first-order valence-electron chi connectivity index (χ1n) is 5.70. The van der Waals surface area contributed by atoms with Crippen LogP contribution in [-0.2, 0) is 16.1 Å². The first-order chi connectivity index (χ1) is 8.49. The van der Waals surface area contributed by atoms with Gasteiger partial charge in [0.05, 0.1) is 0 Å². The van der Waals surface area contributed by atoms with Crippen molar-refractivity contribution in [3.8, 4) is 0 Å². The molecule has 4 nitrogen and oxygen atoms in total. The van der Waals surface area contributed by atoms with Crippen LogP contribution in [-0.4, -0.2) is 30.8 Å². The maximum absolute atomic E-state index is 11.5. The maximum Gasteiger partial charge on any atom is 0.222 e. The van der Waals surface area contributed by atoms with Gasteiger partial charge in [-0.1, -0.05) is 23.7 Å². The molecule has 0 atom stereocenters. The third-order valence-corrected chi connectivity index (χ3v) is 2.72. The van der Waals surface area contributed by atoms with E-state index < -0.39 is 0 Å². The van der Waals surface area contributed by atoms with Gasteiger partial charge in [-0.15, -0.1) is 0 Å². The zero-order valence-electron chi connectivity index (χ0n) is 10.6. The van der Waals surface area contributed by atoms with Crippen LogP contribution in [0.15, 0.2) is 24.3 Å². The number of halogens is 1. The minimum absolute atomic E-state index is 0.0448. The fraction of sp³-hybridized carbons (Fsp3) is 0.385. The Hall–Kier alpha value is -1.55. The highest BCUT2D eigenvalue weighted by molar-refractivity contribution is 6.30. The summed E-state index contributed by atoms with van der Waals surface area (Å²) in [4.78, 5) is 24.3. The lowest BCUT2D eigenvalue weighted by molar-refractivity contribution is -0.131. The summed E-state index contributed by atoms with van der Waals surface area (Å²) >= 11 is 5.76. The fourth-order valence-electron chi connectivity index (χ4n) is 1.34. The average Bonchev–Trinajstić information content (AvgIpc) is 2.35. The number of benzene rings is 1. The Kier molecular flexibility index (Phi) is 5.65. The van der Waals surface area contributed by atoms with Gasteiger partial charge in [0.15, 0.2) is 0 Å². The molecule has 1 rings (SSSR count). The zero-order chi connectivity index (χ0) is 13.5. The molecule has 1 N–H and O–H groups in total. The van der Waals surface area contributed by atoms with Crippen molar-refractivity contribution in [2.75, 3.05) is 14.1 Å². The molecule has 2 amide bonds. The molecule has 0 unspecified atom stereocenters. The molecule has 98 valence electrons. The summed E-state index contributed by atoms with van der Waals surface area (Å²) in [5.74, 6) is -0.170. The summed E-state index contributed by atoms with van der Waals surface area (Å²) in [7, 11) is 3.35. The van der Waals surface area contributed by atoms with Crippen molar-refractivity contribution in [1.82, 2.24) is 10.2 Å². The molecule has 0 saturated heterocycles. The molecule has 1 aromatic rings. The number of hydrogen-bond donors (Lipinski definition) is 1. The normalized spacial score (nSPS) is 9.94. The topological polar surface area (TPSA) is 49.4 Å². The lowest BCUT2D eigenvalue weighted by Gasteiger charge is -2.10. The smallest absolute Gasteiger partial charge is 0.222 e. The summed E-state index contributed by atoms with van der Waals surface area (Å²) in [5, 5.41) is 3.43. The summed E-state index contributed by atoms with van der Waals surface area (Å²) in [6.45, 7) is 0.451. The molecule has 1 aromatic carbocycles. The molecule has 0 aliphatic rings. The minimum atomic E-state index is -0.125. The van der Waals surface area contributed by atoms with Crippen LogP contribution in [0.4, 0.5) is 0 Å². The monoisotopic (exact) mass is 268 g/mol. The van der Waals surface area contributed by atoms with Crippen molar-refractivity contribution in [1.29, 1.82) is 0 Å². The van der Waals surface area contributed by atoms with E-state index in [1.54, 1.807) is 26.2 Å². The van der Waals surface area contributed by atoms with E-state index in [4.69, 9.17) is 11.6 Å². The van der Waals surface area contributed by atoms with E-state index >= 15 is 0 Å². The Morgan fingerprint density at radius 1 is 1.17 bits per heavy atom. The van der Waals surface area contributed by atoms with E-state index in [2.05, 4.69) is 5.32 Å². The highest BCUT2D eigenvalue weighted by atomic mass is 35.5. The predicted molar refractivity (Wildman–Crippen MR) is 71.2 cm³/mol. The fourth-order valence-corrected chi connectivity index (χ4v) is 1.46. The Labute approximate surface area is 112 Å². The second-order valence-corrected chi connectivity index (χ2v) is 4.63. The Bertz CT molecular complexity index is 416. The molecule has 0 fully saturated rings. The van der Waals surface area contributed by atoms with E-state index in [9.17, 15) is 9.59 Å². The first kappa shape index (κ1) is 14.5. The van der Waals surface area contributed by atoms with Gasteiger partial charge in [0.1, 0.15) is 0 Å². The molecular formula is C13H17ClN2O2. The largest absolute Gasteiger partial charge is 0.352 e. The molecule has 0 saturated carbocycles. The molecule has 0 heterocycles. The van der Waals surface area contributed by atoms with E-state index in [0.717, 1.165) is 5.56 Å². The van der Waals surface area contributed by atoms with Crippen LogP contribution in [0.2, 0.25) is 5.02 Å². The standard InChI is InChI=1S/C13H17ClN2O2/c1-16(2)13(18)8-7-12(17)15-9-10-3-5-11(14)6-4-10/h3-6H,7-9H2,1-2H3,(H,15,17). The first-order valence-corrected chi connectivity index (χ1v) is 6.08. The highest BCUT2D eigenvalue weighted by Gasteiger charge is 2.07. The number of hydrogen-bond acceptors (Lipinski definition) is 2. The van der Waals surface area contributed by atoms with Crippen LogP contribution >= 0.6 is 11.6 Å². The van der Waals surface area contributed by atoms with Crippen molar-refractivity contribution in [3.63, 3.8) is 0 Å². The molecule has 0 aliphatic carbocycles. The van der Waals surface area contributed by atoms with Gasteiger partial charge in [-0.05, 0) is 17.7 Å². The van der Waals surface area contributed by atoms with Gasteiger partial charge in [-0.2, -0.15) is 0 Å². The molecule has 0 bridgehead atoms. The van der Waals surface area contributed by atoms with Gasteiger partial charge in [0.2, 0.25) is 11.8 Å². The van der Waals surface area contributed by atoms with E-state index in [-0.39, 0.29) is 24.7 Å². The Balaban J connectivity index is 2.29. The van der Waals surface area contributed by atoms with Crippen LogP contribution in [0.3, 0.4) is 0 Å². The second kappa shape index (κ2) is 7.01. The summed E-state index contributed by atoms with van der Waals surface area (Å²) in [6.07, 6.45) is 0.448. The number of carbonyl (C=O) groups is 2. The average molecular weight is 269 g/mol. The van der Waals surface area contributed by atoms with Crippen molar-refractivity contribution in [3.05, 3.63) is 34.9 Å². The second-order valence-electron chi connectivity index (χ2n) is 4.19. The number of nitrogens with one attached hydrogen (secondary N) is 1. The van der Waals surface area contributed by atoms with E-state index in [1.807, 2.05) is 12.1 Å². The number of carbonyl (C=O) groups excluding carboxylic acids is 2. The quantitative estimate of drug-likeness (QED) is 0.886. The van der Waals surface area contributed by atoms with Gasteiger partial charge in [0, 0.05) is 38.5 Å². The lowest BCUT2D eigenvalue weighted by Crippen LogP contribution is -2.26. The van der Waals surface area contributed by atoms with Gasteiger partial charge in [-0.3, -0.25) is 9.59 Å². The van der Waals surface area contributed by atoms with Crippen LogP contribution in [0.5, 0.6) is 0 Å². The van der Waals surface area contributed by atoms with Gasteiger partial charge in [0.25, 0.3) is 0 Å². The van der Waals surface area contributed by atoms with Crippen molar-refractivity contribution in [2.45, 2.75) is 19.4 Å². The number of amides is 2. The van der Waals surface area contributed by atoms with Gasteiger partial charge < -0.3 is 10.2 Å². The van der Waals surface area contributed by atoms with Gasteiger partial charge >= 0.3 is 0 Å². The minimum Gasteiger partial charge on any atom is -0.352 e. The molecule has 0 aliphatic heterocycles. The van der Waals surface area contributed by atoms with Crippen LogP contribution < -0.4 is 5.32 Å². The third kappa shape index (κ3) is 5.19. The summed E-state index contributed by atoms with van der Waals surface area (Å²) < 4.78 is 0. The summed E-state index contributed by atoms with van der Waals surface area (Å²) in [6, 6.07) is 7.26. The van der Waals surface area contributed by atoms with Crippen LogP contribution in [0, 0.1) is 0 Å². The van der Waals surface area contributed by atoms with Crippen LogP contribution in [0.25, 0.3) is 0 Å². The van der Waals surface area contributed by atoms with Crippen molar-refractivity contribution >= 4 is 23.4 Å². The van der Waals surface area contributed by atoms with Crippen LogP contribution in [0.1, 0.15) is 18.4 Å². The zero-order valence-corrected chi connectivity index (χ0v) is 11.3. The number of rotatable bonds is 5. The van der Waals surface area contributed by atoms with E-state index in [0.29, 0.717) is 11.6 Å². The molecule has 0 radical (unpaired) electrons. The van der Waals surface area contributed by atoms with Gasteiger partial charge in [-0.25, -0.2) is 0 Å². The van der Waals surface area contributed by atoms with Crippen molar-refractivity contribution in [2.24, 2.45) is 0 Å². The molecule has 18 heavy (non-hydrogen) atoms. The Morgan fingerprint density at radius 2 is 1.78 bits per heavy atom. The van der Waals surface area contributed by atoms with Crippen molar-refractivity contribution < 1.29 is 9.59 Å². The van der Waals surface area contributed by atoms with E-state index in [1.165, 1.54) is 4.90 Å².